The highest BCUT2D eigenvalue weighted by molar-refractivity contribution is 9.10. The number of para-hydroxylation sites is 2. The first-order chi connectivity index (χ1) is 19.2. The lowest BCUT2D eigenvalue weighted by Gasteiger charge is -2.09. The Morgan fingerprint density at radius 2 is 0.949 bits per heavy atom. The van der Waals surface area contributed by atoms with E-state index in [0.29, 0.717) is 17.5 Å². The highest BCUT2D eigenvalue weighted by Crippen LogP contribution is 2.34. The monoisotopic (exact) mass is 567 g/mol. The van der Waals surface area contributed by atoms with Gasteiger partial charge >= 0.3 is 0 Å². The van der Waals surface area contributed by atoms with E-state index >= 15 is 0 Å². The Bertz CT molecular complexity index is 2210. The molecule has 3 heterocycles. The molecule has 0 atom stereocenters. The van der Waals surface area contributed by atoms with E-state index in [4.69, 9.17) is 23.8 Å². The fraction of sp³-hybridized carbons (Fsp3) is 0. The van der Waals surface area contributed by atoms with Crippen LogP contribution in [0.4, 0.5) is 0 Å². The number of aromatic nitrogens is 3. The van der Waals surface area contributed by atoms with Crippen LogP contribution in [0.15, 0.2) is 123 Å². The van der Waals surface area contributed by atoms with Gasteiger partial charge < -0.3 is 8.83 Å². The molecule has 0 saturated carbocycles. The van der Waals surface area contributed by atoms with Gasteiger partial charge in [0, 0.05) is 42.7 Å². The van der Waals surface area contributed by atoms with Crippen LogP contribution in [0, 0.1) is 0 Å². The van der Waals surface area contributed by atoms with Gasteiger partial charge in [-0.05, 0) is 54.6 Å². The van der Waals surface area contributed by atoms with Gasteiger partial charge in [-0.25, -0.2) is 15.0 Å². The predicted octanol–water partition coefficient (Wildman–Crippen LogP) is 9.43. The van der Waals surface area contributed by atoms with E-state index in [1.54, 1.807) is 0 Å². The molecule has 0 amide bonds. The number of rotatable bonds is 3. The van der Waals surface area contributed by atoms with Gasteiger partial charge in [-0.3, -0.25) is 0 Å². The molecule has 0 aliphatic heterocycles. The zero-order valence-electron chi connectivity index (χ0n) is 20.4. The third-order valence-electron chi connectivity index (χ3n) is 6.99. The molecule has 8 rings (SSSR count). The van der Waals surface area contributed by atoms with Crippen LogP contribution in [0.25, 0.3) is 78.0 Å². The molecule has 0 spiro atoms. The largest absolute Gasteiger partial charge is 0.456 e. The van der Waals surface area contributed by atoms with E-state index in [9.17, 15) is 0 Å². The Morgan fingerprint density at radius 3 is 1.67 bits per heavy atom. The van der Waals surface area contributed by atoms with Crippen LogP contribution in [0.5, 0.6) is 0 Å². The topological polar surface area (TPSA) is 65.0 Å². The summed E-state index contributed by atoms with van der Waals surface area (Å²) in [5.74, 6) is 1.76. The molecule has 0 fully saturated rings. The summed E-state index contributed by atoms with van der Waals surface area (Å²) < 4.78 is 13.1. The van der Waals surface area contributed by atoms with E-state index in [2.05, 4.69) is 40.2 Å². The molecule has 3 aromatic heterocycles. The van der Waals surface area contributed by atoms with Gasteiger partial charge in [0.1, 0.15) is 22.3 Å². The molecule has 6 heteroatoms. The minimum atomic E-state index is 0.578. The molecular weight excluding hydrogens is 550 g/mol. The number of fused-ring (bicyclic) bond motifs is 6. The van der Waals surface area contributed by atoms with Gasteiger partial charge in [-0.1, -0.05) is 70.5 Å². The lowest BCUT2D eigenvalue weighted by molar-refractivity contribution is 0.668. The average molecular weight is 568 g/mol. The molecule has 0 aliphatic carbocycles. The van der Waals surface area contributed by atoms with Crippen molar-refractivity contribution in [1.82, 2.24) is 15.0 Å². The van der Waals surface area contributed by atoms with Gasteiger partial charge in [0.05, 0.1) is 0 Å². The first kappa shape index (κ1) is 22.2. The molecule has 0 N–H and O–H groups in total. The van der Waals surface area contributed by atoms with Crippen molar-refractivity contribution in [3.8, 4) is 34.2 Å². The fourth-order valence-electron chi connectivity index (χ4n) is 5.12. The Labute approximate surface area is 230 Å². The van der Waals surface area contributed by atoms with Crippen molar-refractivity contribution < 1.29 is 8.83 Å². The van der Waals surface area contributed by atoms with Crippen LogP contribution < -0.4 is 0 Å². The maximum atomic E-state index is 6.15. The van der Waals surface area contributed by atoms with Crippen molar-refractivity contribution in [2.24, 2.45) is 0 Å². The Morgan fingerprint density at radius 1 is 0.410 bits per heavy atom. The van der Waals surface area contributed by atoms with Crippen LogP contribution >= 0.6 is 15.9 Å². The van der Waals surface area contributed by atoms with Crippen molar-refractivity contribution in [2.75, 3.05) is 0 Å². The number of nitrogens with zero attached hydrogens (tertiary/aromatic N) is 3. The summed E-state index contributed by atoms with van der Waals surface area (Å²) in [7, 11) is 0. The van der Waals surface area contributed by atoms with Gasteiger partial charge in [0.25, 0.3) is 0 Å². The van der Waals surface area contributed by atoms with Crippen LogP contribution in [-0.2, 0) is 0 Å². The van der Waals surface area contributed by atoms with E-state index in [1.807, 2.05) is 84.9 Å². The lowest BCUT2D eigenvalue weighted by atomic mass is 10.1. The highest BCUT2D eigenvalue weighted by Gasteiger charge is 2.16. The summed E-state index contributed by atoms with van der Waals surface area (Å²) >= 11 is 3.58. The standard InChI is InChI=1S/C33H18BrN3O2/c34-22-7-5-6-19(16-22)31-35-32(20-13-15-29-26(17-20)24-9-2-4-11-28(24)38-29)37-33(36-31)21-12-14-25-23-8-1-3-10-27(23)39-30(25)18-21/h1-18H. The zero-order valence-corrected chi connectivity index (χ0v) is 22.0. The lowest BCUT2D eigenvalue weighted by Crippen LogP contribution is -2.00. The van der Waals surface area contributed by atoms with Crippen molar-refractivity contribution >= 4 is 59.8 Å². The summed E-state index contributed by atoms with van der Waals surface area (Å²) in [6, 6.07) is 36.3. The smallest absolute Gasteiger partial charge is 0.164 e. The third kappa shape index (κ3) is 3.72. The molecule has 39 heavy (non-hydrogen) atoms. The SMILES string of the molecule is Brc1cccc(-c2nc(-c3ccc4c(c3)oc3ccccc34)nc(-c3ccc4oc5ccccc5c4c3)n2)c1. The first-order valence-corrected chi connectivity index (χ1v) is 13.3. The normalized spacial score (nSPS) is 11.7. The highest BCUT2D eigenvalue weighted by atomic mass is 79.9. The Balaban J connectivity index is 1.34. The average Bonchev–Trinajstić information content (AvgIpc) is 3.54. The molecule has 0 radical (unpaired) electrons. The number of hydrogen-bond acceptors (Lipinski definition) is 5. The van der Waals surface area contributed by atoms with Crippen LogP contribution in [-0.4, -0.2) is 15.0 Å². The third-order valence-corrected chi connectivity index (χ3v) is 7.48. The molecule has 0 saturated heterocycles. The second-order valence-corrected chi connectivity index (χ2v) is 10.4. The van der Waals surface area contributed by atoms with Gasteiger partial charge in [0.2, 0.25) is 0 Å². The van der Waals surface area contributed by atoms with Crippen molar-refractivity contribution in [2.45, 2.75) is 0 Å². The fourth-order valence-corrected chi connectivity index (χ4v) is 5.52. The Hall–Kier alpha value is -4.81. The summed E-state index contributed by atoms with van der Waals surface area (Å²) in [5, 5.41) is 4.24. The first-order valence-electron chi connectivity index (χ1n) is 12.5. The minimum absolute atomic E-state index is 0.578. The minimum Gasteiger partial charge on any atom is -0.456 e. The van der Waals surface area contributed by atoms with Crippen LogP contribution in [0.2, 0.25) is 0 Å². The predicted molar refractivity (Wildman–Crippen MR) is 158 cm³/mol. The van der Waals surface area contributed by atoms with Crippen LogP contribution in [0.3, 0.4) is 0 Å². The molecule has 0 bridgehead atoms. The molecule has 5 aromatic carbocycles. The van der Waals surface area contributed by atoms with E-state index in [1.165, 1.54) is 0 Å². The molecule has 0 unspecified atom stereocenters. The van der Waals surface area contributed by atoms with E-state index in [0.717, 1.165) is 65.0 Å². The maximum Gasteiger partial charge on any atom is 0.164 e. The van der Waals surface area contributed by atoms with E-state index < -0.39 is 0 Å². The second kappa shape index (κ2) is 8.61. The quantitative estimate of drug-likeness (QED) is 0.212. The van der Waals surface area contributed by atoms with E-state index in [-0.39, 0.29) is 0 Å². The summed E-state index contributed by atoms with van der Waals surface area (Å²) in [4.78, 5) is 14.8. The number of furan rings is 2. The van der Waals surface area contributed by atoms with Gasteiger partial charge in [-0.2, -0.15) is 0 Å². The molecule has 8 aromatic rings. The summed E-state index contributed by atoms with van der Waals surface area (Å²) in [6.45, 7) is 0. The molecule has 0 aliphatic rings. The summed E-state index contributed by atoms with van der Waals surface area (Å²) in [6.07, 6.45) is 0. The Kier molecular flexibility index (Phi) is 4.90. The molecule has 5 nitrogen and oxygen atoms in total. The summed E-state index contributed by atoms with van der Waals surface area (Å²) in [5.41, 5.74) is 5.98. The second-order valence-electron chi connectivity index (χ2n) is 9.43. The van der Waals surface area contributed by atoms with Crippen molar-refractivity contribution in [3.63, 3.8) is 0 Å². The molecular formula is C33H18BrN3O2. The molecule has 184 valence electrons. The van der Waals surface area contributed by atoms with Gasteiger partial charge in [-0.15, -0.1) is 0 Å². The number of benzene rings is 5. The van der Waals surface area contributed by atoms with Gasteiger partial charge in [0.15, 0.2) is 17.5 Å². The zero-order chi connectivity index (χ0) is 25.9. The van der Waals surface area contributed by atoms with Crippen molar-refractivity contribution in [3.05, 3.63) is 114 Å². The number of hydrogen-bond donors (Lipinski definition) is 0. The maximum absolute atomic E-state index is 6.15. The number of halogens is 1. The van der Waals surface area contributed by atoms with Crippen molar-refractivity contribution in [1.29, 1.82) is 0 Å². The van der Waals surface area contributed by atoms with Crippen LogP contribution in [0.1, 0.15) is 0 Å².